The van der Waals surface area contributed by atoms with E-state index in [1.54, 1.807) is 0 Å². The third-order valence-corrected chi connectivity index (χ3v) is 4.35. The molecule has 1 fully saturated rings. The van der Waals surface area contributed by atoms with Crippen LogP contribution in [0.4, 0.5) is 0 Å². The van der Waals surface area contributed by atoms with Gasteiger partial charge in [-0.1, -0.05) is 20.8 Å². The molecule has 0 saturated carbocycles. The quantitative estimate of drug-likeness (QED) is 0.614. The second-order valence-electron chi connectivity index (χ2n) is 6.88. The highest BCUT2D eigenvalue weighted by molar-refractivity contribution is 5.87. The molecule has 0 aliphatic carbocycles. The molecule has 0 aromatic heterocycles. The monoisotopic (exact) mass is 384 g/mol. The SMILES string of the molecule is CC1CCCN(C(C)CNC(=O)CNC(=O)[C@@H](N)C(C)C)C1.Cl.Cl. The summed E-state index contributed by atoms with van der Waals surface area (Å²) in [5.41, 5.74) is 5.73. The molecule has 4 N–H and O–H groups in total. The Morgan fingerprint density at radius 3 is 2.38 bits per heavy atom. The lowest BCUT2D eigenvalue weighted by molar-refractivity contribution is -0.127. The molecule has 144 valence electrons. The number of carbonyl (C=O) groups is 2. The van der Waals surface area contributed by atoms with Gasteiger partial charge in [-0.25, -0.2) is 0 Å². The lowest BCUT2D eigenvalue weighted by atomic mass is 9.99. The number of hydrogen-bond donors (Lipinski definition) is 3. The number of hydrogen-bond acceptors (Lipinski definition) is 4. The van der Waals surface area contributed by atoms with E-state index in [0.29, 0.717) is 12.6 Å². The van der Waals surface area contributed by atoms with Crippen molar-refractivity contribution in [3.05, 3.63) is 0 Å². The van der Waals surface area contributed by atoms with Crippen molar-refractivity contribution in [2.45, 2.75) is 52.6 Å². The third-order valence-electron chi connectivity index (χ3n) is 4.35. The standard InChI is InChI=1S/C16H32N4O2.2ClH/c1-11(2)15(17)16(22)19-9-14(21)18-8-13(4)20-7-5-6-12(3)10-20;;/h11-13,15H,5-10,17H2,1-4H3,(H,18,21)(H,19,22);2*1H/t12?,13?,15-;;/m0../s1. The van der Waals surface area contributed by atoms with Gasteiger partial charge in [-0.05, 0) is 38.1 Å². The maximum Gasteiger partial charge on any atom is 0.239 e. The Morgan fingerprint density at radius 2 is 1.83 bits per heavy atom. The van der Waals surface area contributed by atoms with Crippen molar-refractivity contribution in [3.63, 3.8) is 0 Å². The fourth-order valence-electron chi connectivity index (χ4n) is 2.67. The van der Waals surface area contributed by atoms with Crippen molar-refractivity contribution >= 4 is 36.6 Å². The second kappa shape index (κ2) is 12.8. The van der Waals surface area contributed by atoms with Gasteiger partial charge in [0.05, 0.1) is 12.6 Å². The van der Waals surface area contributed by atoms with Crippen LogP contribution in [0.3, 0.4) is 0 Å². The smallest absolute Gasteiger partial charge is 0.239 e. The highest BCUT2D eigenvalue weighted by Crippen LogP contribution is 2.17. The number of likely N-dealkylation sites (tertiary alicyclic amines) is 1. The molecule has 3 atom stereocenters. The molecule has 0 spiro atoms. The van der Waals surface area contributed by atoms with Gasteiger partial charge in [0.15, 0.2) is 0 Å². The number of amides is 2. The van der Waals surface area contributed by atoms with Crippen LogP contribution in [-0.4, -0.2) is 55.0 Å². The van der Waals surface area contributed by atoms with Gasteiger partial charge >= 0.3 is 0 Å². The fourth-order valence-corrected chi connectivity index (χ4v) is 2.67. The van der Waals surface area contributed by atoms with Crippen LogP contribution >= 0.6 is 24.8 Å². The summed E-state index contributed by atoms with van der Waals surface area (Å²) >= 11 is 0. The van der Waals surface area contributed by atoms with E-state index in [1.165, 1.54) is 12.8 Å². The van der Waals surface area contributed by atoms with Gasteiger partial charge in [0.25, 0.3) is 0 Å². The van der Waals surface area contributed by atoms with Gasteiger partial charge in [0.2, 0.25) is 11.8 Å². The summed E-state index contributed by atoms with van der Waals surface area (Å²) < 4.78 is 0. The first-order valence-electron chi connectivity index (χ1n) is 8.35. The molecule has 1 rings (SSSR count). The van der Waals surface area contributed by atoms with Crippen LogP contribution in [0.5, 0.6) is 0 Å². The Morgan fingerprint density at radius 1 is 1.21 bits per heavy atom. The number of rotatable bonds is 7. The van der Waals surface area contributed by atoms with E-state index in [-0.39, 0.29) is 49.1 Å². The van der Waals surface area contributed by atoms with E-state index in [4.69, 9.17) is 5.73 Å². The van der Waals surface area contributed by atoms with E-state index in [2.05, 4.69) is 29.4 Å². The topological polar surface area (TPSA) is 87.5 Å². The lowest BCUT2D eigenvalue weighted by Gasteiger charge is -2.35. The second-order valence-corrected chi connectivity index (χ2v) is 6.88. The van der Waals surface area contributed by atoms with Gasteiger partial charge in [0, 0.05) is 19.1 Å². The van der Waals surface area contributed by atoms with Gasteiger partial charge in [-0.15, -0.1) is 24.8 Å². The van der Waals surface area contributed by atoms with Crippen LogP contribution in [0.25, 0.3) is 0 Å². The molecule has 2 amide bonds. The Balaban J connectivity index is 0. The summed E-state index contributed by atoms with van der Waals surface area (Å²) in [5, 5.41) is 5.47. The number of carbonyl (C=O) groups excluding carboxylic acids is 2. The summed E-state index contributed by atoms with van der Waals surface area (Å²) in [4.78, 5) is 25.9. The zero-order valence-corrected chi connectivity index (χ0v) is 16.8. The van der Waals surface area contributed by atoms with Crippen LogP contribution < -0.4 is 16.4 Å². The van der Waals surface area contributed by atoms with E-state index in [9.17, 15) is 9.59 Å². The molecule has 1 saturated heterocycles. The summed E-state index contributed by atoms with van der Waals surface area (Å²) in [5.74, 6) is 0.345. The molecule has 2 unspecified atom stereocenters. The lowest BCUT2D eigenvalue weighted by Crippen LogP contribution is -2.49. The minimum atomic E-state index is -0.568. The van der Waals surface area contributed by atoms with Crippen LogP contribution in [0.15, 0.2) is 0 Å². The third kappa shape index (κ3) is 9.06. The maximum atomic E-state index is 11.8. The molecule has 6 nitrogen and oxygen atoms in total. The summed E-state index contributed by atoms with van der Waals surface area (Å²) in [6.07, 6.45) is 2.51. The van der Waals surface area contributed by atoms with E-state index in [1.807, 2.05) is 13.8 Å². The average Bonchev–Trinajstić information content (AvgIpc) is 2.49. The van der Waals surface area contributed by atoms with Crippen molar-refractivity contribution in [2.75, 3.05) is 26.2 Å². The molecule has 0 radical (unpaired) electrons. The van der Waals surface area contributed by atoms with Gasteiger partial charge < -0.3 is 16.4 Å². The van der Waals surface area contributed by atoms with Crippen molar-refractivity contribution < 1.29 is 9.59 Å². The highest BCUT2D eigenvalue weighted by atomic mass is 35.5. The Bertz CT molecular complexity index is 383. The predicted molar refractivity (Wildman–Crippen MR) is 103 cm³/mol. The number of piperidine rings is 1. The van der Waals surface area contributed by atoms with Crippen LogP contribution in [-0.2, 0) is 9.59 Å². The zero-order valence-electron chi connectivity index (χ0n) is 15.2. The molecule has 8 heteroatoms. The Hall–Kier alpha value is -0.560. The van der Waals surface area contributed by atoms with Gasteiger partial charge in [-0.2, -0.15) is 0 Å². The minimum Gasteiger partial charge on any atom is -0.353 e. The molecule has 0 bridgehead atoms. The van der Waals surface area contributed by atoms with Crippen molar-refractivity contribution in [1.29, 1.82) is 0 Å². The Labute approximate surface area is 158 Å². The molecular formula is C16H34Cl2N4O2. The fraction of sp³-hybridized carbons (Fsp3) is 0.875. The number of nitrogens with two attached hydrogens (primary N) is 1. The normalized spacial score (nSPS) is 20.3. The van der Waals surface area contributed by atoms with E-state index >= 15 is 0 Å². The molecule has 1 heterocycles. The first-order valence-corrected chi connectivity index (χ1v) is 8.35. The summed E-state index contributed by atoms with van der Waals surface area (Å²) in [6, 6.07) is -0.248. The highest BCUT2D eigenvalue weighted by Gasteiger charge is 2.21. The first kappa shape index (κ1) is 25.7. The van der Waals surface area contributed by atoms with Crippen molar-refractivity contribution in [1.82, 2.24) is 15.5 Å². The summed E-state index contributed by atoms with van der Waals surface area (Å²) in [6.45, 7) is 11.0. The van der Waals surface area contributed by atoms with E-state index < -0.39 is 6.04 Å². The maximum absolute atomic E-state index is 11.8. The Kier molecular flexibility index (Phi) is 13.6. The zero-order chi connectivity index (χ0) is 16.7. The molecule has 0 aromatic rings. The van der Waals surface area contributed by atoms with E-state index in [0.717, 1.165) is 19.0 Å². The van der Waals surface area contributed by atoms with Crippen LogP contribution in [0.1, 0.15) is 40.5 Å². The van der Waals surface area contributed by atoms with Crippen LogP contribution in [0.2, 0.25) is 0 Å². The summed E-state index contributed by atoms with van der Waals surface area (Å²) in [7, 11) is 0. The first-order chi connectivity index (χ1) is 10.3. The van der Waals surface area contributed by atoms with Gasteiger partial charge in [-0.3, -0.25) is 14.5 Å². The average molecular weight is 385 g/mol. The molecule has 1 aliphatic heterocycles. The molecule has 24 heavy (non-hydrogen) atoms. The van der Waals surface area contributed by atoms with Crippen molar-refractivity contribution in [3.8, 4) is 0 Å². The van der Waals surface area contributed by atoms with Crippen molar-refractivity contribution in [2.24, 2.45) is 17.6 Å². The number of halogens is 2. The molecule has 1 aliphatic rings. The van der Waals surface area contributed by atoms with Gasteiger partial charge in [0.1, 0.15) is 0 Å². The molecular weight excluding hydrogens is 351 g/mol. The van der Waals surface area contributed by atoms with Crippen LogP contribution in [0, 0.1) is 11.8 Å². The molecule has 0 aromatic carbocycles. The number of nitrogens with zero attached hydrogens (tertiary/aromatic N) is 1. The minimum absolute atomic E-state index is 0. The predicted octanol–water partition coefficient (Wildman–Crippen LogP) is 1.17. The largest absolute Gasteiger partial charge is 0.353 e. The number of nitrogens with one attached hydrogen (secondary N) is 2.